The fourth-order valence-electron chi connectivity index (χ4n) is 1.02. The second kappa shape index (κ2) is 3.40. The SMILES string of the molecule is Clc1ccc2nnc(Br)c(Cl)c2c1. The number of rotatable bonds is 0. The van der Waals surface area contributed by atoms with Crippen molar-refractivity contribution in [1.82, 2.24) is 10.2 Å². The Morgan fingerprint density at radius 1 is 1.15 bits per heavy atom. The van der Waals surface area contributed by atoms with Crippen molar-refractivity contribution >= 4 is 50.0 Å². The van der Waals surface area contributed by atoms with Crippen LogP contribution in [0.25, 0.3) is 10.9 Å². The Hall–Kier alpha value is -0.380. The number of hydrogen-bond donors (Lipinski definition) is 0. The lowest BCUT2D eigenvalue weighted by atomic mass is 10.2. The second-order valence-electron chi connectivity index (χ2n) is 2.47. The van der Waals surface area contributed by atoms with Crippen molar-refractivity contribution in [3.63, 3.8) is 0 Å². The van der Waals surface area contributed by atoms with Gasteiger partial charge in [-0.25, -0.2) is 0 Å². The summed E-state index contributed by atoms with van der Waals surface area (Å²) >= 11 is 15.0. The summed E-state index contributed by atoms with van der Waals surface area (Å²) in [7, 11) is 0. The van der Waals surface area contributed by atoms with Gasteiger partial charge in [-0.2, -0.15) is 0 Å². The van der Waals surface area contributed by atoms with E-state index in [4.69, 9.17) is 23.2 Å². The van der Waals surface area contributed by atoms with Gasteiger partial charge in [-0.15, -0.1) is 10.2 Å². The maximum Gasteiger partial charge on any atom is 0.148 e. The zero-order valence-electron chi connectivity index (χ0n) is 6.26. The lowest BCUT2D eigenvalue weighted by molar-refractivity contribution is 1.05. The van der Waals surface area contributed by atoms with E-state index in [1.54, 1.807) is 18.2 Å². The topological polar surface area (TPSA) is 25.8 Å². The number of hydrogen-bond acceptors (Lipinski definition) is 2. The molecule has 0 aliphatic rings. The third-order valence-electron chi connectivity index (χ3n) is 1.62. The lowest BCUT2D eigenvalue weighted by Crippen LogP contribution is -1.86. The van der Waals surface area contributed by atoms with Crippen LogP contribution in [0.2, 0.25) is 10.0 Å². The average Bonchev–Trinajstić information content (AvgIpc) is 2.12. The molecule has 0 atom stereocenters. The van der Waals surface area contributed by atoms with E-state index in [1.807, 2.05) is 0 Å². The summed E-state index contributed by atoms with van der Waals surface area (Å²) in [5.41, 5.74) is 0.734. The molecular weight excluding hydrogens is 275 g/mol. The number of halogens is 3. The van der Waals surface area contributed by atoms with E-state index in [2.05, 4.69) is 26.1 Å². The highest BCUT2D eigenvalue weighted by atomic mass is 79.9. The van der Waals surface area contributed by atoms with Crippen LogP contribution in [0.15, 0.2) is 22.8 Å². The summed E-state index contributed by atoms with van der Waals surface area (Å²) < 4.78 is 0.531. The average molecular weight is 278 g/mol. The maximum atomic E-state index is 5.99. The molecule has 0 aliphatic heterocycles. The van der Waals surface area contributed by atoms with Gasteiger partial charge in [0.1, 0.15) is 4.60 Å². The number of benzene rings is 1. The van der Waals surface area contributed by atoms with Crippen molar-refractivity contribution in [1.29, 1.82) is 0 Å². The zero-order chi connectivity index (χ0) is 9.42. The molecule has 2 nitrogen and oxygen atoms in total. The molecule has 5 heteroatoms. The number of fused-ring (bicyclic) bond motifs is 1. The molecule has 0 N–H and O–H groups in total. The van der Waals surface area contributed by atoms with Crippen molar-refractivity contribution in [3.05, 3.63) is 32.8 Å². The third kappa shape index (κ3) is 1.64. The fourth-order valence-corrected chi connectivity index (χ4v) is 1.68. The molecule has 2 aromatic rings. The monoisotopic (exact) mass is 276 g/mol. The summed E-state index contributed by atoms with van der Waals surface area (Å²) in [5, 5.41) is 9.74. The van der Waals surface area contributed by atoms with Crippen LogP contribution in [0.3, 0.4) is 0 Å². The Balaban J connectivity index is 2.89. The van der Waals surface area contributed by atoms with Gasteiger partial charge in [-0.3, -0.25) is 0 Å². The standard InChI is InChI=1S/C8H3BrCl2N2/c9-8-7(11)5-3-4(10)1-2-6(5)12-13-8/h1-3H. The quantitative estimate of drug-likeness (QED) is 0.734. The minimum atomic E-state index is 0.531. The van der Waals surface area contributed by atoms with E-state index in [9.17, 15) is 0 Å². The summed E-state index contributed by atoms with van der Waals surface area (Å²) in [6, 6.07) is 5.30. The molecule has 0 bridgehead atoms. The maximum absolute atomic E-state index is 5.99. The molecule has 1 aromatic carbocycles. The normalized spacial score (nSPS) is 10.7. The third-order valence-corrected chi connectivity index (χ3v) is 3.02. The molecule has 0 saturated heterocycles. The van der Waals surface area contributed by atoms with Crippen LogP contribution in [-0.4, -0.2) is 10.2 Å². The molecule has 0 fully saturated rings. The largest absolute Gasteiger partial charge is 0.149 e. The van der Waals surface area contributed by atoms with Gasteiger partial charge in [0.05, 0.1) is 10.5 Å². The van der Waals surface area contributed by atoms with Crippen molar-refractivity contribution < 1.29 is 0 Å². The van der Waals surface area contributed by atoms with Gasteiger partial charge in [-0.05, 0) is 34.1 Å². The highest BCUT2D eigenvalue weighted by Crippen LogP contribution is 2.29. The summed E-state index contributed by atoms with van der Waals surface area (Å²) in [4.78, 5) is 0. The second-order valence-corrected chi connectivity index (χ2v) is 4.03. The molecular formula is C8H3BrCl2N2. The molecule has 0 saturated carbocycles. The van der Waals surface area contributed by atoms with E-state index in [0.717, 1.165) is 10.9 Å². The molecule has 1 aromatic heterocycles. The zero-order valence-corrected chi connectivity index (χ0v) is 9.36. The van der Waals surface area contributed by atoms with Crippen molar-refractivity contribution in [2.45, 2.75) is 0 Å². The molecule has 1 heterocycles. The smallest absolute Gasteiger partial charge is 0.148 e. The van der Waals surface area contributed by atoms with Gasteiger partial charge in [-0.1, -0.05) is 23.2 Å². The molecule has 13 heavy (non-hydrogen) atoms. The van der Waals surface area contributed by atoms with Gasteiger partial charge in [0.15, 0.2) is 0 Å². The predicted molar refractivity (Wildman–Crippen MR) is 57.3 cm³/mol. The first-order chi connectivity index (χ1) is 6.18. The molecule has 66 valence electrons. The van der Waals surface area contributed by atoms with Crippen LogP contribution in [0, 0.1) is 0 Å². The van der Waals surface area contributed by atoms with E-state index in [1.165, 1.54) is 0 Å². The first kappa shape index (κ1) is 9.19. The van der Waals surface area contributed by atoms with E-state index in [0.29, 0.717) is 14.6 Å². The van der Waals surface area contributed by atoms with Crippen molar-refractivity contribution in [2.24, 2.45) is 0 Å². The van der Waals surface area contributed by atoms with E-state index < -0.39 is 0 Å². The van der Waals surface area contributed by atoms with Gasteiger partial charge >= 0.3 is 0 Å². The first-order valence-corrected chi connectivity index (χ1v) is 5.00. The van der Waals surface area contributed by atoms with Gasteiger partial charge in [0.25, 0.3) is 0 Å². The van der Waals surface area contributed by atoms with Crippen LogP contribution in [-0.2, 0) is 0 Å². The molecule has 0 unspecified atom stereocenters. The predicted octanol–water partition coefficient (Wildman–Crippen LogP) is 3.70. The van der Waals surface area contributed by atoms with Crippen molar-refractivity contribution in [3.8, 4) is 0 Å². The van der Waals surface area contributed by atoms with E-state index >= 15 is 0 Å². The van der Waals surface area contributed by atoms with Crippen LogP contribution >= 0.6 is 39.1 Å². The lowest BCUT2D eigenvalue weighted by Gasteiger charge is -2.00. The summed E-state index contributed by atoms with van der Waals surface area (Å²) in [5.74, 6) is 0. The van der Waals surface area contributed by atoms with Crippen LogP contribution in [0.4, 0.5) is 0 Å². The van der Waals surface area contributed by atoms with Gasteiger partial charge in [0.2, 0.25) is 0 Å². The summed E-state index contributed by atoms with van der Waals surface area (Å²) in [6.45, 7) is 0. The van der Waals surface area contributed by atoms with Crippen LogP contribution < -0.4 is 0 Å². The summed E-state index contributed by atoms with van der Waals surface area (Å²) in [6.07, 6.45) is 0. The Morgan fingerprint density at radius 2 is 1.92 bits per heavy atom. The van der Waals surface area contributed by atoms with Crippen LogP contribution in [0.1, 0.15) is 0 Å². The highest BCUT2D eigenvalue weighted by molar-refractivity contribution is 9.10. The fraction of sp³-hybridized carbons (Fsp3) is 0. The minimum absolute atomic E-state index is 0.531. The number of aromatic nitrogens is 2. The molecule has 0 amide bonds. The molecule has 0 spiro atoms. The Labute approximate surface area is 93.0 Å². The Bertz CT molecular complexity index is 468. The molecule has 2 rings (SSSR count). The highest BCUT2D eigenvalue weighted by Gasteiger charge is 2.05. The molecule has 0 aliphatic carbocycles. The minimum Gasteiger partial charge on any atom is -0.149 e. The molecule has 0 radical (unpaired) electrons. The van der Waals surface area contributed by atoms with E-state index in [-0.39, 0.29) is 0 Å². The Morgan fingerprint density at radius 3 is 2.69 bits per heavy atom. The van der Waals surface area contributed by atoms with Crippen molar-refractivity contribution in [2.75, 3.05) is 0 Å². The van der Waals surface area contributed by atoms with Gasteiger partial charge < -0.3 is 0 Å². The van der Waals surface area contributed by atoms with Crippen LogP contribution in [0.5, 0.6) is 0 Å². The first-order valence-electron chi connectivity index (χ1n) is 3.45. The Kier molecular flexibility index (Phi) is 2.41. The van der Waals surface area contributed by atoms with Gasteiger partial charge in [0, 0.05) is 10.4 Å². The number of nitrogens with zero attached hydrogens (tertiary/aromatic N) is 2.